The number of carboxylic acids is 1. The highest BCUT2D eigenvalue weighted by molar-refractivity contribution is 5.72. The molecule has 0 aromatic carbocycles. The van der Waals surface area contributed by atoms with Gasteiger partial charge in [0.2, 0.25) is 0 Å². The number of hydrogen-bond acceptors (Lipinski definition) is 3. The number of rotatable bonds is 4. The van der Waals surface area contributed by atoms with Crippen LogP contribution in [0.1, 0.15) is 19.8 Å². The van der Waals surface area contributed by atoms with Gasteiger partial charge in [-0.2, -0.15) is 13.2 Å². The SMILES string of the molecule is C[C@H](NC1CCN(CC(F)(F)F)CC1)C(=O)O. The van der Waals surface area contributed by atoms with Gasteiger partial charge in [0, 0.05) is 6.04 Å². The molecule has 1 aliphatic heterocycles. The predicted octanol–water partition coefficient (Wildman–Crippen LogP) is 1.08. The van der Waals surface area contributed by atoms with Crippen molar-refractivity contribution < 1.29 is 23.1 Å². The Balaban J connectivity index is 2.29. The highest BCUT2D eigenvalue weighted by Gasteiger charge is 2.32. The third-order valence-corrected chi connectivity index (χ3v) is 2.85. The Morgan fingerprint density at radius 2 is 2.00 bits per heavy atom. The lowest BCUT2D eigenvalue weighted by molar-refractivity contribution is -0.148. The molecule has 1 aliphatic rings. The number of likely N-dealkylation sites (tertiary alicyclic amines) is 1. The summed E-state index contributed by atoms with van der Waals surface area (Å²) in [5.41, 5.74) is 0. The minimum absolute atomic E-state index is 0.00872. The molecule has 0 aromatic rings. The number of hydrogen-bond donors (Lipinski definition) is 2. The van der Waals surface area contributed by atoms with Crippen molar-refractivity contribution in [1.29, 1.82) is 0 Å². The van der Waals surface area contributed by atoms with Gasteiger partial charge >= 0.3 is 12.1 Å². The molecule has 1 rings (SSSR count). The molecule has 7 heteroatoms. The van der Waals surface area contributed by atoms with Gasteiger partial charge in [-0.05, 0) is 32.9 Å². The van der Waals surface area contributed by atoms with Gasteiger partial charge in [0.05, 0.1) is 6.54 Å². The predicted molar refractivity (Wildman–Crippen MR) is 55.8 cm³/mol. The molecule has 0 unspecified atom stereocenters. The van der Waals surface area contributed by atoms with Crippen LogP contribution in [0.25, 0.3) is 0 Å². The molecule has 0 spiro atoms. The highest BCUT2D eigenvalue weighted by Crippen LogP contribution is 2.19. The molecule has 2 N–H and O–H groups in total. The summed E-state index contributed by atoms with van der Waals surface area (Å²) in [6, 6.07) is -0.667. The van der Waals surface area contributed by atoms with Crippen molar-refractivity contribution in [2.45, 2.75) is 38.0 Å². The van der Waals surface area contributed by atoms with Crippen LogP contribution < -0.4 is 5.32 Å². The molecule has 100 valence electrons. The second-order valence-corrected chi connectivity index (χ2v) is 4.39. The van der Waals surface area contributed by atoms with E-state index in [0.717, 1.165) is 0 Å². The number of alkyl halides is 3. The lowest BCUT2D eigenvalue weighted by Crippen LogP contribution is -2.49. The molecule has 0 bridgehead atoms. The van der Waals surface area contributed by atoms with Crippen LogP contribution in [0, 0.1) is 0 Å². The van der Waals surface area contributed by atoms with E-state index in [1.807, 2.05) is 0 Å². The number of carboxylic acid groups (broad SMARTS) is 1. The van der Waals surface area contributed by atoms with Gasteiger partial charge < -0.3 is 10.4 Å². The van der Waals surface area contributed by atoms with Crippen molar-refractivity contribution in [1.82, 2.24) is 10.2 Å². The third-order valence-electron chi connectivity index (χ3n) is 2.85. The zero-order valence-corrected chi connectivity index (χ0v) is 9.63. The summed E-state index contributed by atoms with van der Waals surface area (Å²) in [4.78, 5) is 12.0. The Hall–Kier alpha value is -0.820. The highest BCUT2D eigenvalue weighted by atomic mass is 19.4. The molecule has 1 atom stereocenters. The molecule has 17 heavy (non-hydrogen) atoms. The van der Waals surface area contributed by atoms with Crippen molar-refractivity contribution in [3.05, 3.63) is 0 Å². The van der Waals surface area contributed by atoms with Crippen molar-refractivity contribution in [2.24, 2.45) is 0 Å². The summed E-state index contributed by atoms with van der Waals surface area (Å²) < 4.78 is 36.4. The molecule has 0 radical (unpaired) electrons. The maximum Gasteiger partial charge on any atom is 0.401 e. The molecule has 0 amide bonds. The van der Waals surface area contributed by atoms with E-state index in [1.54, 1.807) is 0 Å². The van der Waals surface area contributed by atoms with Crippen LogP contribution in [-0.2, 0) is 4.79 Å². The minimum Gasteiger partial charge on any atom is -0.480 e. The van der Waals surface area contributed by atoms with Crippen LogP contribution in [0.5, 0.6) is 0 Å². The number of piperidine rings is 1. The van der Waals surface area contributed by atoms with Crippen LogP contribution in [0.2, 0.25) is 0 Å². The maximum atomic E-state index is 12.1. The van der Waals surface area contributed by atoms with Gasteiger partial charge in [0.25, 0.3) is 0 Å². The van der Waals surface area contributed by atoms with E-state index in [1.165, 1.54) is 11.8 Å². The summed E-state index contributed by atoms with van der Waals surface area (Å²) in [5, 5.41) is 11.6. The van der Waals surface area contributed by atoms with Crippen LogP contribution in [0.3, 0.4) is 0 Å². The van der Waals surface area contributed by atoms with Gasteiger partial charge in [0.1, 0.15) is 6.04 Å². The fourth-order valence-corrected chi connectivity index (χ4v) is 1.94. The monoisotopic (exact) mass is 254 g/mol. The van der Waals surface area contributed by atoms with E-state index < -0.39 is 24.7 Å². The summed E-state index contributed by atoms with van der Waals surface area (Å²) in [5.74, 6) is -0.942. The van der Waals surface area contributed by atoms with Crippen LogP contribution >= 0.6 is 0 Å². The zero-order valence-electron chi connectivity index (χ0n) is 9.63. The Morgan fingerprint density at radius 1 is 1.47 bits per heavy atom. The molecule has 1 fully saturated rings. The van der Waals surface area contributed by atoms with E-state index >= 15 is 0 Å². The molecular weight excluding hydrogens is 237 g/mol. The van der Waals surface area contributed by atoms with Gasteiger partial charge in [-0.25, -0.2) is 0 Å². The Kier molecular flexibility index (Phi) is 4.76. The Bertz CT molecular complexity index is 263. The summed E-state index contributed by atoms with van der Waals surface area (Å²) in [6.07, 6.45) is -3.06. The number of nitrogens with one attached hydrogen (secondary N) is 1. The lowest BCUT2D eigenvalue weighted by atomic mass is 10.0. The summed E-state index contributed by atoms with van der Waals surface area (Å²) in [6.45, 7) is 1.35. The smallest absolute Gasteiger partial charge is 0.401 e. The number of carbonyl (C=O) groups is 1. The number of halogens is 3. The third kappa shape index (κ3) is 5.36. The first-order chi connectivity index (χ1) is 7.78. The molecular formula is C10H17F3N2O2. The van der Waals surface area contributed by atoms with Gasteiger partial charge in [-0.1, -0.05) is 0 Å². The first-order valence-corrected chi connectivity index (χ1v) is 5.56. The largest absolute Gasteiger partial charge is 0.480 e. The van der Waals surface area contributed by atoms with Gasteiger partial charge in [0.15, 0.2) is 0 Å². The van der Waals surface area contributed by atoms with Crippen LogP contribution in [0.4, 0.5) is 13.2 Å². The van der Waals surface area contributed by atoms with E-state index in [2.05, 4.69) is 5.32 Å². The standard InChI is InChI=1S/C10H17F3N2O2/c1-7(9(16)17)14-8-2-4-15(5-3-8)6-10(11,12)13/h7-8,14H,2-6H2,1H3,(H,16,17)/t7-/m0/s1. The van der Waals surface area contributed by atoms with Crippen molar-refractivity contribution in [3.8, 4) is 0 Å². The van der Waals surface area contributed by atoms with Crippen LogP contribution in [-0.4, -0.2) is 53.9 Å². The molecule has 4 nitrogen and oxygen atoms in total. The molecule has 0 saturated carbocycles. The first kappa shape index (κ1) is 14.2. The number of aliphatic carboxylic acids is 1. The van der Waals surface area contributed by atoms with Crippen LogP contribution in [0.15, 0.2) is 0 Å². The average molecular weight is 254 g/mol. The second kappa shape index (κ2) is 5.68. The molecule has 1 heterocycles. The summed E-state index contributed by atoms with van der Waals surface area (Å²) >= 11 is 0. The van der Waals surface area contributed by atoms with Gasteiger partial charge in [-0.15, -0.1) is 0 Å². The average Bonchev–Trinajstić information content (AvgIpc) is 2.18. The van der Waals surface area contributed by atoms with E-state index in [9.17, 15) is 18.0 Å². The van der Waals surface area contributed by atoms with E-state index in [-0.39, 0.29) is 6.04 Å². The van der Waals surface area contributed by atoms with Crippen molar-refractivity contribution in [2.75, 3.05) is 19.6 Å². The lowest BCUT2D eigenvalue weighted by Gasteiger charge is -2.33. The van der Waals surface area contributed by atoms with Crippen molar-refractivity contribution >= 4 is 5.97 Å². The normalized spacial score (nSPS) is 21.4. The fraction of sp³-hybridized carbons (Fsp3) is 0.900. The second-order valence-electron chi connectivity index (χ2n) is 4.39. The minimum atomic E-state index is -4.16. The van der Waals surface area contributed by atoms with E-state index in [4.69, 9.17) is 5.11 Å². The van der Waals surface area contributed by atoms with E-state index in [0.29, 0.717) is 25.9 Å². The number of nitrogens with zero attached hydrogens (tertiary/aromatic N) is 1. The summed E-state index contributed by atoms with van der Waals surface area (Å²) in [7, 11) is 0. The Morgan fingerprint density at radius 3 is 2.41 bits per heavy atom. The topological polar surface area (TPSA) is 52.6 Å². The molecule has 0 aliphatic carbocycles. The fourth-order valence-electron chi connectivity index (χ4n) is 1.94. The maximum absolute atomic E-state index is 12.1. The van der Waals surface area contributed by atoms with Gasteiger partial charge in [-0.3, -0.25) is 9.69 Å². The molecule has 1 saturated heterocycles. The van der Waals surface area contributed by atoms with Crippen molar-refractivity contribution in [3.63, 3.8) is 0 Å². The molecule has 0 aromatic heterocycles. The quantitative estimate of drug-likeness (QED) is 0.788. The first-order valence-electron chi connectivity index (χ1n) is 5.56. The Labute approximate surface area is 97.8 Å². The zero-order chi connectivity index (χ0) is 13.1.